The first-order chi connectivity index (χ1) is 18.9. The van der Waals surface area contributed by atoms with Gasteiger partial charge in [0.05, 0.1) is 18.5 Å². The molecule has 5 aliphatic rings. The first kappa shape index (κ1) is 26.4. The quantitative estimate of drug-likeness (QED) is 0.230. The number of carbonyl (C=O) groups is 1. The topological polar surface area (TPSA) is 78.8 Å². The second-order valence-electron chi connectivity index (χ2n) is 12.0. The lowest BCUT2D eigenvalue weighted by molar-refractivity contribution is -0.924. The fraction of sp³-hybridized carbons (Fsp3) is 0.545. The number of phenols is 1. The zero-order chi connectivity index (χ0) is 27.3. The van der Waals surface area contributed by atoms with E-state index < -0.39 is 17.1 Å². The van der Waals surface area contributed by atoms with Gasteiger partial charge in [0.25, 0.3) is 0 Å². The number of rotatable bonds is 7. The molecule has 2 aromatic carbocycles. The number of hydrogen-bond acceptors (Lipinski definition) is 5. The van der Waals surface area contributed by atoms with Crippen molar-refractivity contribution in [1.29, 1.82) is 0 Å². The highest BCUT2D eigenvalue weighted by Gasteiger charge is 2.77. The van der Waals surface area contributed by atoms with Crippen molar-refractivity contribution in [2.75, 3.05) is 19.7 Å². The Bertz CT molecular complexity index is 1300. The molecule has 1 spiro atoms. The number of likely N-dealkylation sites (tertiary alicyclic amines) is 1. The van der Waals surface area contributed by atoms with Crippen LogP contribution in [0.4, 0.5) is 0 Å². The van der Waals surface area contributed by atoms with E-state index in [2.05, 4.69) is 36.1 Å². The Hall–Kier alpha value is -2.85. The van der Waals surface area contributed by atoms with Crippen LogP contribution in [0, 0.1) is 23.0 Å². The van der Waals surface area contributed by atoms with Gasteiger partial charge in [0.1, 0.15) is 11.6 Å². The Morgan fingerprint density at radius 2 is 1.90 bits per heavy atom. The molecule has 3 fully saturated rings. The van der Waals surface area contributed by atoms with Gasteiger partial charge in [-0.1, -0.05) is 36.4 Å². The van der Waals surface area contributed by atoms with E-state index in [0.717, 1.165) is 36.8 Å². The summed E-state index contributed by atoms with van der Waals surface area (Å²) in [6, 6.07) is 13.8. The van der Waals surface area contributed by atoms with Crippen molar-refractivity contribution in [3.63, 3.8) is 0 Å². The molecule has 6 heteroatoms. The third-order valence-corrected chi connectivity index (χ3v) is 9.87. The van der Waals surface area contributed by atoms with Crippen LogP contribution in [0.5, 0.6) is 11.5 Å². The highest BCUT2D eigenvalue weighted by Crippen LogP contribution is 2.67. The van der Waals surface area contributed by atoms with Gasteiger partial charge in [0.2, 0.25) is 0 Å². The Kier molecular flexibility index (Phi) is 6.74. The Morgan fingerprint density at radius 1 is 1.13 bits per heavy atom. The maximum atomic E-state index is 14.6. The van der Waals surface area contributed by atoms with E-state index in [4.69, 9.17) is 9.47 Å². The number of nitrogens with zero attached hydrogens (tertiary/aromatic N) is 1. The first-order valence-corrected chi connectivity index (χ1v) is 14.5. The van der Waals surface area contributed by atoms with Crippen molar-refractivity contribution < 1.29 is 24.0 Å². The van der Waals surface area contributed by atoms with Crippen molar-refractivity contribution in [2.24, 2.45) is 5.92 Å². The highest BCUT2D eigenvalue weighted by molar-refractivity contribution is 5.90. The Morgan fingerprint density at radius 3 is 2.62 bits per heavy atom. The standard InChI is InChI=1S/C29H33NO5.C4H6/c31-22-11-10-21-17-24-29(34-16-4-7-19-5-2-1-3-6-19)13-12-23(32)27-28(29,25(21)26(22)35-27)14-15-30(24,33)18-20-8-9-20;1-3-4-2/h1-3,5-6,10-11,20,24,27,31H,4,7-9,12-18H2;1-2H3/t24-,27+,28+,29-,30?;/m1./s1. The minimum atomic E-state index is -0.747. The first-order valence-electron chi connectivity index (χ1n) is 14.5. The lowest BCUT2D eigenvalue weighted by atomic mass is 9.48. The van der Waals surface area contributed by atoms with Gasteiger partial charge in [0, 0.05) is 37.4 Å². The molecule has 1 unspecified atom stereocenters. The number of aromatic hydroxyl groups is 1. The van der Waals surface area contributed by atoms with E-state index in [1.165, 1.54) is 5.56 Å². The van der Waals surface area contributed by atoms with Crippen LogP contribution in [0.3, 0.4) is 0 Å². The maximum absolute atomic E-state index is 14.6. The third-order valence-electron chi connectivity index (χ3n) is 9.87. The third kappa shape index (κ3) is 4.09. The minimum Gasteiger partial charge on any atom is -0.632 e. The molecule has 6 nitrogen and oxygen atoms in total. The molecule has 0 radical (unpaired) electrons. The largest absolute Gasteiger partial charge is 0.632 e. The summed E-state index contributed by atoms with van der Waals surface area (Å²) in [5.74, 6) is 6.48. The molecule has 7 rings (SSSR count). The van der Waals surface area contributed by atoms with Gasteiger partial charge in [-0.25, -0.2) is 0 Å². The molecule has 3 aliphatic carbocycles. The molecule has 2 heterocycles. The molecule has 206 valence electrons. The van der Waals surface area contributed by atoms with Gasteiger partial charge < -0.3 is 24.4 Å². The van der Waals surface area contributed by atoms with Crippen LogP contribution in [0.1, 0.15) is 69.1 Å². The number of hydrogen-bond donors (Lipinski definition) is 1. The maximum Gasteiger partial charge on any atom is 0.174 e. The van der Waals surface area contributed by atoms with E-state index in [1.807, 2.05) is 26.0 Å². The fourth-order valence-corrected chi connectivity index (χ4v) is 7.98. The van der Waals surface area contributed by atoms with E-state index in [0.29, 0.717) is 57.0 Å². The number of Topliss-reactive ketones (excluding diaryl/α,β-unsaturated/α-hetero) is 1. The molecule has 0 aromatic heterocycles. The van der Waals surface area contributed by atoms with Gasteiger partial charge in [0.15, 0.2) is 23.4 Å². The number of phenolic OH excluding ortho intramolecular Hbond substituents is 1. The lowest BCUT2D eigenvalue weighted by Gasteiger charge is -2.68. The molecule has 5 atom stereocenters. The molecule has 2 aromatic rings. The second-order valence-corrected chi connectivity index (χ2v) is 12.0. The molecule has 0 amide bonds. The number of benzene rings is 2. The lowest BCUT2D eigenvalue weighted by Crippen LogP contribution is -2.81. The monoisotopic (exact) mass is 529 g/mol. The van der Waals surface area contributed by atoms with Gasteiger partial charge in [-0.3, -0.25) is 4.79 Å². The molecule has 2 bridgehead atoms. The molecule has 2 aliphatic heterocycles. The van der Waals surface area contributed by atoms with Crippen molar-refractivity contribution in [3.05, 3.63) is 64.4 Å². The molecule has 39 heavy (non-hydrogen) atoms. The van der Waals surface area contributed by atoms with Crippen LogP contribution in [-0.2, 0) is 27.8 Å². The molecule has 1 saturated heterocycles. The summed E-state index contributed by atoms with van der Waals surface area (Å²) in [6.45, 7) is 5.31. The van der Waals surface area contributed by atoms with Gasteiger partial charge in [-0.2, -0.15) is 0 Å². The number of aryl methyl sites for hydroxylation is 1. The van der Waals surface area contributed by atoms with Gasteiger partial charge >= 0.3 is 0 Å². The van der Waals surface area contributed by atoms with Crippen LogP contribution in [-0.4, -0.2) is 53.0 Å². The fourth-order valence-electron chi connectivity index (χ4n) is 7.98. The van der Waals surface area contributed by atoms with Crippen LogP contribution < -0.4 is 4.74 Å². The van der Waals surface area contributed by atoms with Crippen molar-refractivity contribution in [1.82, 2.24) is 0 Å². The average Bonchev–Trinajstić information content (AvgIpc) is 3.68. The molecular weight excluding hydrogens is 490 g/mol. The van der Waals surface area contributed by atoms with Gasteiger partial charge in [-0.05, 0) is 63.1 Å². The predicted octanol–water partition coefficient (Wildman–Crippen LogP) is 5.22. The van der Waals surface area contributed by atoms with E-state index in [1.54, 1.807) is 6.07 Å². The normalized spacial score (nSPS) is 33.2. The number of piperidine rings is 1. The van der Waals surface area contributed by atoms with Crippen molar-refractivity contribution >= 4 is 5.78 Å². The summed E-state index contributed by atoms with van der Waals surface area (Å²) >= 11 is 0. The molecule has 1 N–H and O–H groups in total. The number of ether oxygens (including phenoxy) is 2. The molecule has 2 saturated carbocycles. The average molecular weight is 530 g/mol. The number of quaternary nitrogens is 1. The number of ketones is 1. The van der Waals surface area contributed by atoms with Crippen LogP contribution in [0.2, 0.25) is 0 Å². The Balaban J connectivity index is 0.000000650. The van der Waals surface area contributed by atoms with Crippen molar-refractivity contribution in [3.8, 4) is 23.3 Å². The van der Waals surface area contributed by atoms with E-state index in [9.17, 15) is 15.1 Å². The Labute approximate surface area is 231 Å². The second kappa shape index (κ2) is 9.96. The van der Waals surface area contributed by atoms with Crippen LogP contribution in [0.15, 0.2) is 42.5 Å². The minimum absolute atomic E-state index is 0.0730. The smallest absolute Gasteiger partial charge is 0.174 e. The van der Waals surface area contributed by atoms with E-state index >= 15 is 0 Å². The summed E-state index contributed by atoms with van der Waals surface area (Å²) in [5.41, 5.74) is 1.85. The predicted molar refractivity (Wildman–Crippen MR) is 149 cm³/mol. The summed E-state index contributed by atoms with van der Waals surface area (Å²) in [6.07, 6.45) is 5.48. The SMILES string of the molecule is CC#CC.O=C1CC[C@@]2(OCCCc3ccccc3)[C@H]3Cc4ccc(O)c5c4[C@@]2(CC[N+]3([O-])CC2CC2)[C@H]1O5. The number of hydroxylamine groups is 3. The van der Waals surface area contributed by atoms with Crippen LogP contribution in [0.25, 0.3) is 0 Å². The summed E-state index contributed by atoms with van der Waals surface area (Å²) < 4.78 is 13.0. The zero-order valence-electron chi connectivity index (χ0n) is 23.1. The summed E-state index contributed by atoms with van der Waals surface area (Å²) in [5, 5.41) is 25.3. The van der Waals surface area contributed by atoms with Crippen molar-refractivity contribution in [2.45, 2.75) is 88.4 Å². The molecular formula is C33H39NO5. The summed E-state index contributed by atoms with van der Waals surface area (Å²) in [7, 11) is 0. The zero-order valence-corrected chi connectivity index (χ0v) is 23.1. The number of carbonyl (C=O) groups excluding carboxylic acids is 1. The van der Waals surface area contributed by atoms with E-state index in [-0.39, 0.29) is 22.2 Å². The van der Waals surface area contributed by atoms with Gasteiger partial charge in [-0.15, -0.1) is 11.8 Å². The highest BCUT2D eigenvalue weighted by atomic mass is 16.6. The summed E-state index contributed by atoms with van der Waals surface area (Å²) in [4.78, 5) is 13.3. The van der Waals surface area contributed by atoms with Crippen LogP contribution >= 0.6 is 0 Å².